The lowest BCUT2D eigenvalue weighted by molar-refractivity contribution is -0.133. The van der Waals surface area contributed by atoms with Gasteiger partial charge in [-0.15, -0.1) is 0 Å². The first-order chi connectivity index (χ1) is 16.3. The predicted octanol–water partition coefficient (Wildman–Crippen LogP) is 3.58. The standard InChI is InChI=1S/C24H28ClN5O4/c1-29(2)24(31)19-9-14(12-30(19)3)34-21-10-15-18(11-20(21)32-4)26-13-27-23(15)28-17-8-6-7-16(25)22(17)33-5/h6-8,10-11,13-14,19H,9,12H2,1-5H3,(H,26,27,28)/t14-,19+/m0/s1. The van der Waals surface area contributed by atoms with E-state index in [1.54, 1.807) is 39.3 Å². The normalized spacial score (nSPS) is 18.1. The summed E-state index contributed by atoms with van der Waals surface area (Å²) in [6.45, 7) is 0.627. The summed E-state index contributed by atoms with van der Waals surface area (Å²) in [5, 5.41) is 4.52. The van der Waals surface area contributed by atoms with Crippen LogP contribution in [-0.4, -0.2) is 79.7 Å². The molecule has 1 aromatic heterocycles. The molecule has 2 heterocycles. The largest absolute Gasteiger partial charge is 0.493 e. The number of hydrogen-bond acceptors (Lipinski definition) is 8. The number of carbonyl (C=O) groups excluding carboxylic acids is 1. The van der Waals surface area contributed by atoms with E-state index in [0.29, 0.717) is 52.3 Å². The molecule has 1 aliphatic rings. The first kappa shape index (κ1) is 23.8. The molecule has 180 valence electrons. The zero-order chi connectivity index (χ0) is 24.4. The van der Waals surface area contributed by atoms with Gasteiger partial charge in [-0.2, -0.15) is 0 Å². The molecule has 1 N–H and O–H groups in total. The fraction of sp³-hybridized carbons (Fsp3) is 0.375. The molecule has 10 heteroatoms. The lowest BCUT2D eigenvalue weighted by Gasteiger charge is -2.21. The van der Waals surface area contributed by atoms with Crippen molar-refractivity contribution in [2.75, 3.05) is 47.2 Å². The predicted molar refractivity (Wildman–Crippen MR) is 132 cm³/mol. The van der Waals surface area contributed by atoms with Crippen LogP contribution in [0.5, 0.6) is 17.2 Å². The van der Waals surface area contributed by atoms with Crippen LogP contribution in [0.3, 0.4) is 0 Å². The zero-order valence-corrected chi connectivity index (χ0v) is 20.6. The zero-order valence-electron chi connectivity index (χ0n) is 19.8. The van der Waals surface area contributed by atoms with Gasteiger partial charge in [0.1, 0.15) is 18.2 Å². The van der Waals surface area contributed by atoms with Gasteiger partial charge in [0.2, 0.25) is 5.91 Å². The molecule has 9 nitrogen and oxygen atoms in total. The highest BCUT2D eigenvalue weighted by atomic mass is 35.5. The summed E-state index contributed by atoms with van der Waals surface area (Å²) < 4.78 is 17.4. The Morgan fingerprint density at radius 3 is 2.68 bits per heavy atom. The molecule has 4 rings (SSSR count). The number of rotatable bonds is 7. The highest BCUT2D eigenvalue weighted by Gasteiger charge is 2.37. The number of hydrogen-bond donors (Lipinski definition) is 1. The topological polar surface area (TPSA) is 89.1 Å². The maximum atomic E-state index is 12.5. The van der Waals surface area contributed by atoms with Gasteiger partial charge in [0.25, 0.3) is 0 Å². The average molecular weight is 486 g/mol. The number of likely N-dealkylation sites (N-methyl/N-ethyl adjacent to an activating group) is 2. The quantitative estimate of drug-likeness (QED) is 0.543. The number of halogens is 1. The Labute approximate surface area is 203 Å². The number of ether oxygens (including phenoxy) is 3. The van der Waals surface area contributed by atoms with Crippen molar-refractivity contribution in [3.8, 4) is 17.2 Å². The second-order valence-corrected chi connectivity index (χ2v) is 8.76. The number of fused-ring (bicyclic) bond motifs is 1. The van der Waals surface area contributed by atoms with Crippen molar-refractivity contribution < 1.29 is 19.0 Å². The van der Waals surface area contributed by atoms with Gasteiger partial charge in [0.15, 0.2) is 17.2 Å². The fourth-order valence-electron chi connectivity index (χ4n) is 4.16. The molecule has 1 amide bonds. The van der Waals surface area contributed by atoms with Crippen molar-refractivity contribution in [2.24, 2.45) is 0 Å². The number of benzene rings is 2. The smallest absolute Gasteiger partial charge is 0.239 e. The monoisotopic (exact) mass is 485 g/mol. The lowest BCUT2D eigenvalue weighted by Crippen LogP contribution is -2.40. The molecule has 34 heavy (non-hydrogen) atoms. The highest BCUT2D eigenvalue weighted by molar-refractivity contribution is 6.32. The third kappa shape index (κ3) is 4.67. The third-order valence-electron chi connectivity index (χ3n) is 5.87. The van der Waals surface area contributed by atoms with Crippen LogP contribution < -0.4 is 19.5 Å². The second kappa shape index (κ2) is 9.90. The number of likely N-dealkylation sites (tertiary alicyclic amines) is 1. The molecular formula is C24H28ClN5O4. The first-order valence-electron chi connectivity index (χ1n) is 10.8. The van der Waals surface area contributed by atoms with Crippen LogP contribution in [0.15, 0.2) is 36.7 Å². The molecule has 2 aromatic carbocycles. The average Bonchev–Trinajstić information content (AvgIpc) is 3.18. The molecular weight excluding hydrogens is 458 g/mol. The van der Waals surface area contributed by atoms with Gasteiger partial charge in [-0.3, -0.25) is 9.69 Å². The molecule has 0 aliphatic carbocycles. The number of methoxy groups -OCH3 is 2. The fourth-order valence-corrected chi connectivity index (χ4v) is 4.41. The number of aromatic nitrogens is 2. The van der Waals surface area contributed by atoms with Gasteiger partial charge in [-0.25, -0.2) is 9.97 Å². The molecule has 0 unspecified atom stereocenters. The summed E-state index contributed by atoms with van der Waals surface area (Å²) in [4.78, 5) is 24.9. The van der Waals surface area contributed by atoms with Crippen molar-refractivity contribution >= 4 is 39.9 Å². The Balaban J connectivity index is 1.66. The van der Waals surface area contributed by atoms with E-state index in [1.807, 2.05) is 36.2 Å². The molecule has 0 bridgehead atoms. The van der Waals surface area contributed by atoms with Crippen LogP contribution in [0, 0.1) is 0 Å². The maximum Gasteiger partial charge on any atom is 0.239 e. The van der Waals surface area contributed by atoms with Crippen LogP contribution in [0.25, 0.3) is 10.9 Å². The molecule has 0 saturated carbocycles. The van der Waals surface area contributed by atoms with E-state index in [2.05, 4.69) is 15.3 Å². The second-order valence-electron chi connectivity index (χ2n) is 8.35. The van der Waals surface area contributed by atoms with E-state index in [-0.39, 0.29) is 18.1 Å². The minimum atomic E-state index is -0.220. The van der Waals surface area contributed by atoms with E-state index < -0.39 is 0 Å². The Morgan fingerprint density at radius 1 is 1.18 bits per heavy atom. The molecule has 2 atom stereocenters. The van der Waals surface area contributed by atoms with E-state index in [0.717, 1.165) is 5.39 Å². The van der Waals surface area contributed by atoms with E-state index in [4.69, 9.17) is 25.8 Å². The first-order valence-corrected chi connectivity index (χ1v) is 11.2. The van der Waals surface area contributed by atoms with Crippen molar-refractivity contribution in [3.63, 3.8) is 0 Å². The number of anilines is 2. The van der Waals surface area contributed by atoms with Gasteiger partial charge >= 0.3 is 0 Å². The van der Waals surface area contributed by atoms with Crippen LogP contribution >= 0.6 is 11.6 Å². The summed E-state index contributed by atoms with van der Waals surface area (Å²) in [6.07, 6.45) is 1.90. The number of carbonyl (C=O) groups is 1. The van der Waals surface area contributed by atoms with E-state index >= 15 is 0 Å². The van der Waals surface area contributed by atoms with Crippen molar-refractivity contribution in [3.05, 3.63) is 41.7 Å². The Kier molecular flexibility index (Phi) is 6.95. The Hall–Kier alpha value is -3.30. The molecule has 1 fully saturated rings. The number of para-hydroxylation sites is 1. The molecule has 3 aromatic rings. The van der Waals surface area contributed by atoms with Gasteiger partial charge < -0.3 is 24.4 Å². The van der Waals surface area contributed by atoms with Crippen molar-refractivity contribution in [2.45, 2.75) is 18.6 Å². The minimum absolute atomic E-state index is 0.0643. The summed E-state index contributed by atoms with van der Waals surface area (Å²) in [6, 6.07) is 8.89. The van der Waals surface area contributed by atoms with Crippen LogP contribution in [0.2, 0.25) is 5.02 Å². The minimum Gasteiger partial charge on any atom is -0.493 e. The van der Waals surface area contributed by atoms with Gasteiger partial charge in [0, 0.05) is 38.5 Å². The lowest BCUT2D eigenvalue weighted by atomic mass is 10.1. The molecule has 1 saturated heterocycles. The SMILES string of the molecule is COc1cc2ncnc(Nc3cccc(Cl)c3OC)c2cc1O[C@H]1C[C@H](C(=O)N(C)C)N(C)C1. The third-order valence-corrected chi connectivity index (χ3v) is 6.17. The molecule has 1 aliphatic heterocycles. The summed E-state index contributed by atoms with van der Waals surface area (Å²) in [5.41, 5.74) is 1.36. The van der Waals surface area contributed by atoms with Gasteiger partial charge in [0.05, 0.1) is 36.5 Å². The van der Waals surface area contributed by atoms with Crippen LogP contribution in [0.4, 0.5) is 11.5 Å². The number of nitrogens with zero attached hydrogens (tertiary/aromatic N) is 4. The summed E-state index contributed by atoms with van der Waals surface area (Å²) >= 11 is 6.27. The summed E-state index contributed by atoms with van der Waals surface area (Å²) in [7, 11) is 8.61. The maximum absolute atomic E-state index is 12.5. The molecule has 0 spiro atoms. The number of nitrogens with one attached hydrogen (secondary N) is 1. The Bertz CT molecular complexity index is 1210. The van der Waals surface area contributed by atoms with Crippen LogP contribution in [0.1, 0.15) is 6.42 Å². The van der Waals surface area contributed by atoms with E-state index in [1.165, 1.54) is 6.33 Å². The van der Waals surface area contributed by atoms with Gasteiger partial charge in [-0.1, -0.05) is 17.7 Å². The van der Waals surface area contributed by atoms with Gasteiger partial charge in [-0.05, 0) is 25.2 Å². The number of amides is 1. The molecule has 0 radical (unpaired) electrons. The van der Waals surface area contributed by atoms with Crippen molar-refractivity contribution in [1.82, 2.24) is 19.8 Å². The summed E-state index contributed by atoms with van der Waals surface area (Å²) in [5.74, 6) is 2.27. The highest BCUT2D eigenvalue weighted by Crippen LogP contribution is 2.39. The Morgan fingerprint density at radius 2 is 1.97 bits per heavy atom. The van der Waals surface area contributed by atoms with Crippen LogP contribution in [-0.2, 0) is 4.79 Å². The van der Waals surface area contributed by atoms with E-state index in [9.17, 15) is 4.79 Å². The van der Waals surface area contributed by atoms with Crippen molar-refractivity contribution in [1.29, 1.82) is 0 Å².